The number of hydrogen-bond donors (Lipinski definition) is 2. The van der Waals surface area contributed by atoms with Crippen molar-refractivity contribution in [2.45, 2.75) is 51.6 Å². The van der Waals surface area contributed by atoms with Crippen molar-refractivity contribution in [2.24, 2.45) is 5.92 Å². The van der Waals surface area contributed by atoms with E-state index in [0.29, 0.717) is 38.9 Å². The zero-order chi connectivity index (χ0) is 23.8. The SMILES string of the molecule is C=C(C)CN1C(=O)NC(CC)(C2CCN(C(=O)CCn3c(=O)[nH]c4ccccc43)CC2)C1=O. The molecule has 0 bridgehead atoms. The Balaban J connectivity index is 1.38. The van der Waals surface area contributed by atoms with E-state index >= 15 is 0 Å². The van der Waals surface area contributed by atoms with Crippen LogP contribution >= 0.6 is 0 Å². The minimum atomic E-state index is -0.918. The molecular weight excluding hydrogens is 422 g/mol. The number of hydrogen-bond acceptors (Lipinski definition) is 4. The Morgan fingerprint density at radius 3 is 2.55 bits per heavy atom. The lowest BCUT2D eigenvalue weighted by molar-refractivity contribution is -0.136. The first kappa shape index (κ1) is 22.8. The third kappa shape index (κ3) is 4.07. The van der Waals surface area contributed by atoms with E-state index in [-0.39, 0.29) is 42.4 Å². The van der Waals surface area contributed by atoms with E-state index in [2.05, 4.69) is 16.9 Å². The Labute approximate surface area is 192 Å². The maximum absolute atomic E-state index is 13.2. The van der Waals surface area contributed by atoms with Crippen LogP contribution in [0.15, 0.2) is 41.2 Å². The molecule has 9 nitrogen and oxygen atoms in total. The van der Waals surface area contributed by atoms with E-state index < -0.39 is 5.54 Å². The predicted molar refractivity (Wildman–Crippen MR) is 125 cm³/mol. The van der Waals surface area contributed by atoms with Crippen molar-refractivity contribution >= 4 is 28.9 Å². The number of urea groups is 1. The van der Waals surface area contributed by atoms with Gasteiger partial charge in [-0.2, -0.15) is 0 Å². The van der Waals surface area contributed by atoms with Crippen LogP contribution in [0.2, 0.25) is 0 Å². The van der Waals surface area contributed by atoms with Gasteiger partial charge in [-0.05, 0) is 44.2 Å². The van der Waals surface area contributed by atoms with Gasteiger partial charge in [0.25, 0.3) is 5.91 Å². The highest BCUT2D eigenvalue weighted by atomic mass is 16.2. The van der Waals surface area contributed by atoms with Gasteiger partial charge >= 0.3 is 11.7 Å². The Hall–Kier alpha value is -3.36. The maximum atomic E-state index is 13.2. The second-order valence-corrected chi connectivity index (χ2v) is 9.11. The molecule has 176 valence electrons. The number of aromatic amines is 1. The molecular formula is C24H31N5O4. The van der Waals surface area contributed by atoms with Crippen molar-refractivity contribution in [1.29, 1.82) is 0 Å². The van der Waals surface area contributed by atoms with Crippen LogP contribution in [0.5, 0.6) is 0 Å². The number of H-pyrrole nitrogens is 1. The topological polar surface area (TPSA) is 108 Å². The molecule has 4 rings (SSSR count). The molecule has 1 unspecified atom stereocenters. The van der Waals surface area contributed by atoms with Crippen molar-refractivity contribution in [3.05, 3.63) is 46.9 Å². The number of amides is 4. The number of carbonyl (C=O) groups excluding carboxylic acids is 3. The van der Waals surface area contributed by atoms with Crippen molar-refractivity contribution in [1.82, 2.24) is 24.7 Å². The molecule has 1 atom stereocenters. The molecule has 0 aliphatic carbocycles. The largest absolute Gasteiger partial charge is 0.343 e. The molecule has 1 aromatic heterocycles. The van der Waals surface area contributed by atoms with Crippen LogP contribution in [-0.2, 0) is 16.1 Å². The fraction of sp³-hybridized carbons (Fsp3) is 0.500. The van der Waals surface area contributed by atoms with Crippen LogP contribution in [0.25, 0.3) is 11.0 Å². The molecule has 2 N–H and O–H groups in total. The average Bonchev–Trinajstić information content (AvgIpc) is 3.25. The molecule has 2 aliphatic heterocycles. The van der Waals surface area contributed by atoms with Gasteiger partial charge < -0.3 is 15.2 Å². The monoisotopic (exact) mass is 453 g/mol. The highest BCUT2D eigenvalue weighted by Gasteiger charge is 2.54. The summed E-state index contributed by atoms with van der Waals surface area (Å²) in [6, 6.07) is 7.05. The molecule has 0 spiro atoms. The molecule has 0 radical (unpaired) electrons. The summed E-state index contributed by atoms with van der Waals surface area (Å²) in [5, 5.41) is 2.95. The number of piperidine rings is 1. The van der Waals surface area contributed by atoms with E-state index in [1.165, 1.54) is 4.90 Å². The van der Waals surface area contributed by atoms with Gasteiger partial charge in [-0.15, -0.1) is 0 Å². The highest BCUT2D eigenvalue weighted by Crippen LogP contribution is 2.36. The Kier molecular flexibility index (Phi) is 6.14. The van der Waals surface area contributed by atoms with Crippen LogP contribution in [-0.4, -0.2) is 62.4 Å². The number of carbonyl (C=O) groups is 3. The molecule has 4 amide bonds. The number of fused-ring (bicyclic) bond motifs is 1. The van der Waals surface area contributed by atoms with E-state index in [9.17, 15) is 19.2 Å². The number of rotatable bonds is 7. The van der Waals surface area contributed by atoms with Gasteiger partial charge in [-0.1, -0.05) is 31.2 Å². The van der Waals surface area contributed by atoms with E-state index in [4.69, 9.17) is 0 Å². The average molecular weight is 454 g/mol. The summed E-state index contributed by atoms with van der Waals surface area (Å²) in [7, 11) is 0. The summed E-state index contributed by atoms with van der Waals surface area (Å²) in [5.74, 6) is -0.238. The zero-order valence-electron chi connectivity index (χ0n) is 19.2. The third-order valence-electron chi connectivity index (χ3n) is 6.96. The van der Waals surface area contributed by atoms with Gasteiger partial charge in [0, 0.05) is 26.1 Å². The highest BCUT2D eigenvalue weighted by molar-refractivity contribution is 6.07. The van der Waals surface area contributed by atoms with Gasteiger partial charge in [-0.3, -0.25) is 19.1 Å². The molecule has 33 heavy (non-hydrogen) atoms. The van der Waals surface area contributed by atoms with Crippen molar-refractivity contribution in [3.8, 4) is 0 Å². The zero-order valence-corrected chi connectivity index (χ0v) is 19.2. The third-order valence-corrected chi connectivity index (χ3v) is 6.96. The molecule has 2 aliphatic rings. The van der Waals surface area contributed by atoms with E-state index in [0.717, 1.165) is 16.6 Å². The van der Waals surface area contributed by atoms with Crippen LogP contribution in [0.1, 0.15) is 39.5 Å². The second kappa shape index (κ2) is 8.88. The fourth-order valence-corrected chi connectivity index (χ4v) is 5.18. The summed E-state index contributed by atoms with van der Waals surface area (Å²) in [4.78, 5) is 56.6. The lowest BCUT2D eigenvalue weighted by Gasteiger charge is -2.40. The predicted octanol–water partition coefficient (Wildman–Crippen LogP) is 2.23. The number of nitrogens with one attached hydrogen (secondary N) is 2. The Bertz CT molecular complexity index is 1160. The molecule has 2 fully saturated rings. The summed E-state index contributed by atoms with van der Waals surface area (Å²) >= 11 is 0. The number of imidazole rings is 1. The maximum Gasteiger partial charge on any atom is 0.326 e. The van der Waals surface area contributed by atoms with Gasteiger partial charge in [0.05, 0.1) is 17.6 Å². The summed E-state index contributed by atoms with van der Waals surface area (Å²) in [5.41, 5.74) is 1.15. The molecule has 0 saturated carbocycles. The smallest absolute Gasteiger partial charge is 0.326 e. The summed E-state index contributed by atoms with van der Waals surface area (Å²) < 4.78 is 1.59. The number of imide groups is 1. The van der Waals surface area contributed by atoms with Gasteiger partial charge in [0.1, 0.15) is 5.54 Å². The van der Waals surface area contributed by atoms with Crippen LogP contribution in [0.3, 0.4) is 0 Å². The lowest BCUT2D eigenvalue weighted by atomic mass is 9.75. The van der Waals surface area contributed by atoms with Crippen LogP contribution in [0, 0.1) is 5.92 Å². The summed E-state index contributed by atoms with van der Waals surface area (Å²) in [6.45, 7) is 9.11. The number of para-hydroxylation sites is 2. The minimum absolute atomic E-state index is 0.0122. The van der Waals surface area contributed by atoms with Crippen LogP contribution in [0.4, 0.5) is 4.79 Å². The Morgan fingerprint density at radius 1 is 1.18 bits per heavy atom. The number of likely N-dealkylation sites (tertiary alicyclic amines) is 1. The fourth-order valence-electron chi connectivity index (χ4n) is 5.18. The van der Waals surface area contributed by atoms with Gasteiger partial charge in [0.15, 0.2) is 0 Å². The number of aromatic nitrogens is 2. The van der Waals surface area contributed by atoms with Gasteiger partial charge in [0.2, 0.25) is 5.91 Å². The Morgan fingerprint density at radius 2 is 1.88 bits per heavy atom. The normalized spacial score (nSPS) is 21.6. The number of nitrogens with zero attached hydrogens (tertiary/aromatic N) is 3. The van der Waals surface area contributed by atoms with E-state index in [1.807, 2.05) is 31.2 Å². The first-order chi connectivity index (χ1) is 15.8. The lowest BCUT2D eigenvalue weighted by Crippen LogP contribution is -2.56. The number of benzene rings is 1. The molecule has 1 aromatic carbocycles. The van der Waals surface area contributed by atoms with E-state index in [1.54, 1.807) is 16.4 Å². The van der Waals surface area contributed by atoms with Crippen molar-refractivity contribution < 1.29 is 14.4 Å². The molecule has 2 aromatic rings. The standard InChI is InChI=1S/C24H31N5O4/c1-4-24(21(31)29(15-16(2)3)23(33)26-24)17-9-12-27(13-10-17)20(30)11-14-28-19-8-6-5-7-18(19)25-22(28)32/h5-8,17H,2,4,9-15H2,1,3H3,(H,25,32)(H,26,33). The van der Waals surface area contributed by atoms with Crippen molar-refractivity contribution in [2.75, 3.05) is 19.6 Å². The van der Waals surface area contributed by atoms with Crippen LogP contribution < -0.4 is 11.0 Å². The first-order valence-corrected chi connectivity index (χ1v) is 11.5. The second-order valence-electron chi connectivity index (χ2n) is 9.11. The quantitative estimate of drug-likeness (QED) is 0.495. The minimum Gasteiger partial charge on any atom is -0.343 e. The summed E-state index contributed by atoms with van der Waals surface area (Å²) in [6.07, 6.45) is 2.01. The molecule has 9 heteroatoms. The number of aryl methyl sites for hydroxylation is 1. The van der Waals surface area contributed by atoms with Gasteiger partial charge in [-0.25, -0.2) is 9.59 Å². The first-order valence-electron chi connectivity index (χ1n) is 11.5. The van der Waals surface area contributed by atoms with Crippen molar-refractivity contribution in [3.63, 3.8) is 0 Å². The molecule has 2 saturated heterocycles. The molecule has 3 heterocycles.